The third-order valence-electron chi connectivity index (χ3n) is 5.62. The number of carbonyl (C=O) groups excluding carboxylic acids is 1. The molecule has 1 amide bonds. The van der Waals surface area contributed by atoms with Crippen molar-refractivity contribution in [1.29, 1.82) is 0 Å². The maximum absolute atomic E-state index is 13.3. The fourth-order valence-electron chi connectivity index (χ4n) is 4.41. The topological polar surface area (TPSA) is 42.7 Å². The monoisotopic (exact) mass is 327 g/mol. The Bertz CT molecular complexity index is 799. The van der Waals surface area contributed by atoms with Crippen LogP contribution in [0.15, 0.2) is 16.5 Å². The van der Waals surface area contributed by atoms with Crippen LogP contribution in [0.4, 0.5) is 0 Å². The van der Waals surface area contributed by atoms with Gasteiger partial charge < -0.3 is 14.1 Å². The Morgan fingerprint density at radius 1 is 1.12 bits per heavy atom. The predicted octanol–water partition coefficient (Wildman–Crippen LogP) is 4.49. The lowest BCUT2D eigenvalue weighted by atomic mass is 9.90. The summed E-state index contributed by atoms with van der Waals surface area (Å²) in [6.45, 7) is 7.39. The molecule has 4 nitrogen and oxygen atoms in total. The van der Waals surface area contributed by atoms with Crippen LogP contribution in [-0.4, -0.2) is 29.7 Å². The SMILES string of the molecule is Cc1cc(C)c2oc(C(=O)N3CCOC34CCCCC4)c(C)c2c1. The number of fused-ring (bicyclic) bond motifs is 1. The van der Waals surface area contributed by atoms with Gasteiger partial charge in [0.15, 0.2) is 5.76 Å². The normalized spacial score (nSPS) is 20.2. The molecule has 1 saturated heterocycles. The van der Waals surface area contributed by atoms with Gasteiger partial charge in [0, 0.05) is 17.5 Å². The van der Waals surface area contributed by atoms with E-state index in [0.717, 1.165) is 47.8 Å². The van der Waals surface area contributed by atoms with Crippen LogP contribution in [-0.2, 0) is 4.74 Å². The van der Waals surface area contributed by atoms with Crippen molar-refractivity contribution in [2.75, 3.05) is 13.2 Å². The molecule has 1 aromatic carbocycles. The lowest BCUT2D eigenvalue weighted by Crippen LogP contribution is -2.49. The average molecular weight is 327 g/mol. The van der Waals surface area contributed by atoms with Crippen molar-refractivity contribution in [3.8, 4) is 0 Å². The summed E-state index contributed by atoms with van der Waals surface area (Å²) in [5.41, 5.74) is 3.65. The predicted molar refractivity (Wildman–Crippen MR) is 93.2 cm³/mol. The number of ether oxygens (including phenoxy) is 1. The van der Waals surface area contributed by atoms with Crippen molar-refractivity contribution in [1.82, 2.24) is 4.90 Å². The van der Waals surface area contributed by atoms with Gasteiger partial charge in [0.2, 0.25) is 0 Å². The molecule has 0 N–H and O–H groups in total. The molecular weight excluding hydrogens is 302 g/mol. The highest BCUT2D eigenvalue weighted by atomic mass is 16.5. The molecule has 0 radical (unpaired) electrons. The summed E-state index contributed by atoms with van der Waals surface area (Å²) in [5.74, 6) is 0.467. The van der Waals surface area contributed by atoms with Gasteiger partial charge in [-0.2, -0.15) is 0 Å². The number of amides is 1. The fourth-order valence-corrected chi connectivity index (χ4v) is 4.41. The number of benzene rings is 1. The smallest absolute Gasteiger partial charge is 0.292 e. The molecule has 1 spiro atoms. The largest absolute Gasteiger partial charge is 0.450 e. The molecule has 24 heavy (non-hydrogen) atoms. The molecule has 2 aromatic rings. The zero-order valence-corrected chi connectivity index (χ0v) is 14.8. The Morgan fingerprint density at radius 2 is 1.88 bits per heavy atom. The maximum Gasteiger partial charge on any atom is 0.292 e. The van der Waals surface area contributed by atoms with E-state index in [-0.39, 0.29) is 5.91 Å². The number of rotatable bonds is 1. The highest BCUT2D eigenvalue weighted by molar-refractivity contribution is 6.00. The summed E-state index contributed by atoms with van der Waals surface area (Å²) in [6.07, 6.45) is 5.37. The third-order valence-corrected chi connectivity index (χ3v) is 5.62. The summed E-state index contributed by atoms with van der Waals surface area (Å²) in [4.78, 5) is 15.2. The minimum atomic E-state index is -0.397. The summed E-state index contributed by atoms with van der Waals surface area (Å²) in [5, 5.41) is 1.05. The first-order chi connectivity index (χ1) is 11.5. The van der Waals surface area contributed by atoms with Gasteiger partial charge in [0.05, 0.1) is 6.61 Å². The third kappa shape index (κ3) is 2.27. The molecule has 0 bridgehead atoms. The Hall–Kier alpha value is -1.81. The molecule has 1 aliphatic heterocycles. The molecule has 4 heteroatoms. The van der Waals surface area contributed by atoms with Gasteiger partial charge in [-0.15, -0.1) is 0 Å². The van der Waals surface area contributed by atoms with Crippen LogP contribution in [0, 0.1) is 20.8 Å². The van der Waals surface area contributed by atoms with E-state index in [1.807, 2.05) is 18.7 Å². The number of hydrogen-bond acceptors (Lipinski definition) is 3. The molecule has 0 atom stereocenters. The van der Waals surface area contributed by atoms with Crippen LogP contribution < -0.4 is 0 Å². The van der Waals surface area contributed by atoms with E-state index in [9.17, 15) is 4.79 Å². The van der Waals surface area contributed by atoms with Crippen molar-refractivity contribution in [3.63, 3.8) is 0 Å². The van der Waals surface area contributed by atoms with Crippen LogP contribution in [0.3, 0.4) is 0 Å². The standard InChI is InChI=1S/C20H25NO3/c1-13-11-14(2)17-16(12-13)15(3)18(24-17)19(22)21-9-10-23-20(21)7-5-4-6-8-20/h11-12H,4-10H2,1-3H3. The van der Waals surface area contributed by atoms with Crippen molar-refractivity contribution in [3.05, 3.63) is 34.6 Å². The lowest BCUT2D eigenvalue weighted by Gasteiger charge is -2.39. The van der Waals surface area contributed by atoms with E-state index in [1.54, 1.807) is 0 Å². The highest BCUT2D eigenvalue weighted by Gasteiger charge is 2.46. The second-order valence-corrected chi connectivity index (χ2v) is 7.33. The first kappa shape index (κ1) is 15.7. The zero-order chi connectivity index (χ0) is 16.9. The molecule has 128 valence electrons. The van der Waals surface area contributed by atoms with Crippen molar-refractivity contribution in [2.24, 2.45) is 0 Å². The summed E-state index contributed by atoms with van der Waals surface area (Å²) < 4.78 is 12.1. The van der Waals surface area contributed by atoms with E-state index < -0.39 is 5.72 Å². The van der Waals surface area contributed by atoms with E-state index in [2.05, 4.69) is 19.1 Å². The Morgan fingerprint density at radius 3 is 2.62 bits per heavy atom. The van der Waals surface area contributed by atoms with Crippen molar-refractivity contribution in [2.45, 2.75) is 58.6 Å². The second-order valence-electron chi connectivity index (χ2n) is 7.33. The van der Waals surface area contributed by atoms with Gasteiger partial charge in [-0.3, -0.25) is 4.79 Å². The number of carbonyl (C=O) groups is 1. The van der Waals surface area contributed by atoms with Gasteiger partial charge in [-0.05, 0) is 63.6 Å². The molecule has 4 rings (SSSR count). The summed E-state index contributed by atoms with van der Waals surface area (Å²) in [7, 11) is 0. The van der Waals surface area contributed by atoms with Gasteiger partial charge in [0.1, 0.15) is 11.3 Å². The Balaban J connectivity index is 1.76. The van der Waals surface area contributed by atoms with Gasteiger partial charge in [-0.25, -0.2) is 0 Å². The number of furan rings is 1. The quantitative estimate of drug-likeness (QED) is 0.775. The summed E-state index contributed by atoms with van der Waals surface area (Å²) >= 11 is 0. The van der Waals surface area contributed by atoms with E-state index in [1.165, 1.54) is 12.0 Å². The van der Waals surface area contributed by atoms with Gasteiger partial charge in [0.25, 0.3) is 5.91 Å². The minimum absolute atomic E-state index is 0.0137. The number of nitrogens with zero attached hydrogens (tertiary/aromatic N) is 1. The molecule has 1 saturated carbocycles. The Kier molecular flexibility index (Phi) is 3.68. The minimum Gasteiger partial charge on any atom is -0.450 e. The lowest BCUT2D eigenvalue weighted by molar-refractivity contribution is -0.0925. The van der Waals surface area contributed by atoms with Crippen LogP contribution >= 0.6 is 0 Å². The first-order valence-corrected chi connectivity index (χ1v) is 8.98. The average Bonchev–Trinajstić information content (AvgIpc) is 3.10. The highest BCUT2D eigenvalue weighted by Crippen LogP contribution is 2.40. The van der Waals surface area contributed by atoms with Gasteiger partial charge >= 0.3 is 0 Å². The molecule has 0 unspecified atom stereocenters. The summed E-state index contributed by atoms with van der Waals surface area (Å²) in [6, 6.07) is 4.20. The molecular formula is C20H25NO3. The van der Waals surface area contributed by atoms with E-state index in [0.29, 0.717) is 18.9 Å². The van der Waals surface area contributed by atoms with E-state index >= 15 is 0 Å². The van der Waals surface area contributed by atoms with Crippen LogP contribution in [0.1, 0.15) is 59.3 Å². The van der Waals surface area contributed by atoms with E-state index in [4.69, 9.17) is 9.15 Å². The van der Waals surface area contributed by atoms with Gasteiger partial charge in [-0.1, -0.05) is 12.5 Å². The van der Waals surface area contributed by atoms with Crippen LogP contribution in [0.25, 0.3) is 11.0 Å². The zero-order valence-electron chi connectivity index (χ0n) is 14.8. The molecule has 2 aliphatic rings. The van der Waals surface area contributed by atoms with Crippen LogP contribution in [0.5, 0.6) is 0 Å². The first-order valence-electron chi connectivity index (χ1n) is 8.98. The van der Waals surface area contributed by atoms with Crippen LogP contribution in [0.2, 0.25) is 0 Å². The maximum atomic E-state index is 13.3. The molecule has 2 heterocycles. The Labute approximate surface area is 142 Å². The number of aryl methyl sites for hydroxylation is 3. The number of hydrogen-bond donors (Lipinski definition) is 0. The van der Waals surface area contributed by atoms with Crippen molar-refractivity contribution < 1.29 is 13.9 Å². The van der Waals surface area contributed by atoms with Crippen molar-refractivity contribution >= 4 is 16.9 Å². The second kappa shape index (κ2) is 5.62. The molecule has 1 aromatic heterocycles. The molecule has 1 aliphatic carbocycles. The fraction of sp³-hybridized carbons (Fsp3) is 0.550. The molecule has 2 fully saturated rings.